The van der Waals surface area contributed by atoms with Crippen molar-refractivity contribution in [2.75, 3.05) is 27.2 Å². The number of rotatable bonds is 5. The summed E-state index contributed by atoms with van der Waals surface area (Å²) in [5, 5.41) is 8.74. The average molecular weight is 279 g/mol. The standard InChI is InChI=1S/C14H17NO5/c1-15-6-5-10(8-15)20-12-7-9(13(16)14(17)18)3-4-11(12)19-2/h3-4,7,10H,5-6,8H2,1-2H3,(H,17,18). The van der Waals surface area contributed by atoms with E-state index < -0.39 is 11.8 Å². The molecule has 20 heavy (non-hydrogen) atoms. The molecule has 1 saturated heterocycles. The van der Waals surface area contributed by atoms with Gasteiger partial charge in [0.25, 0.3) is 5.78 Å². The highest BCUT2D eigenvalue weighted by atomic mass is 16.5. The van der Waals surface area contributed by atoms with E-state index in [1.54, 1.807) is 6.07 Å². The van der Waals surface area contributed by atoms with Gasteiger partial charge < -0.3 is 19.5 Å². The molecule has 0 saturated carbocycles. The van der Waals surface area contributed by atoms with Gasteiger partial charge in [0.05, 0.1) is 7.11 Å². The van der Waals surface area contributed by atoms with Crippen LogP contribution in [0.4, 0.5) is 0 Å². The van der Waals surface area contributed by atoms with Crippen LogP contribution in [0.3, 0.4) is 0 Å². The molecule has 1 unspecified atom stereocenters. The van der Waals surface area contributed by atoms with Gasteiger partial charge >= 0.3 is 5.97 Å². The highest BCUT2D eigenvalue weighted by molar-refractivity contribution is 6.39. The Balaban J connectivity index is 2.22. The van der Waals surface area contributed by atoms with Crippen LogP contribution >= 0.6 is 0 Å². The lowest BCUT2D eigenvalue weighted by Crippen LogP contribution is -2.22. The van der Waals surface area contributed by atoms with Gasteiger partial charge in [0, 0.05) is 18.7 Å². The lowest BCUT2D eigenvalue weighted by atomic mass is 10.1. The number of Topliss-reactive ketones (excluding diaryl/α,β-unsaturated/α-hetero) is 1. The van der Waals surface area contributed by atoms with E-state index in [9.17, 15) is 9.59 Å². The molecule has 1 N–H and O–H groups in total. The number of carbonyl (C=O) groups is 2. The van der Waals surface area contributed by atoms with E-state index in [4.69, 9.17) is 14.6 Å². The minimum Gasteiger partial charge on any atom is -0.493 e. The van der Waals surface area contributed by atoms with E-state index in [0.29, 0.717) is 11.5 Å². The fraction of sp³-hybridized carbons (Fsp3) is 0.429. The highest BCUT2D eigenvalue weighted by Crippen LogP contribution is 2.30. The van der Waals surface area contributed by atoms with Crippen LogP contribution in [0, 0.1) is 0 Å². The quantitative estimate of drug-likeness (QED) is 0.641. The van der Waals surface area contributed by atoms with Crippen LogP contribution in [0.1, 0.15) is 16.8 Å². The van der Waals surface area contributed by atoms with Crippen molar-refractivity contribution in [2.45, 2.75) is 12.5 Å². The lowest BCUT2D eigenvalue weighted by Gasteiger charge is -2.16. The van der Waals surface area contributed by atoms with Crippen LogP contribution in [0.15, 0.2) is 18.2 Å². The molecule has 0 aromatic heterocycles. The number of nitrogens with zero attached hydrogens (tertiary/aromatic N) is 1. The van der Waals surface area contributed by atoms with Gasteiger partial charge in [0.1, 0.15) is 6.10 Å². The SMILES string of the molecule is COc1ccc(C(=O)C(=O)O)cc1OC1CCN(C)C1. The van der Waals surface area contributed by atoms with Crippen LogP contribution in [0.25, 0.3) is 0 Å². The van der Waals surface area contributed by atoms with Crippen molar-refractivity contribution < 1.29 is 24.2 Å². The van der Waals surface area contributed by atoms with E-state index in [1.807, 2.05) is 7.05 Å². The molecule has 6 heteroatoms. The molecule has 0 spiro atoms. The number of carboxylic acid groups (broad SMARTS) is 1. The van der Waals surface area contributed by atoms with Gasteiger partial charge in [-0.3, -0.25) is 4.79 Å². The van der Waals surface area contributed by atoms with E-state index in [1.165, 1.54) is 19.2 Å². The first kappa shape index (κ1) is 14.3. The van der Waals surface area contributed by atoms with Gasteiger partial charge in [-0.05, 0) is 31.7 Å². The number of likely N-dealkylation sites (tertiary alicyclic amines) is 1. The zero-order chi connectivity index (χ0) is 14.7. The number of carboxylic acids is 1. The second kappa shape index (κ2) is 5.92. The number of hydrogen-bond donors (Lipinski definition) is 1. The number of ether oxygens (including phenoxy) is 2. The first-order chi connectivity index (χ1) is 9.51. The van der Waals surface area contributed by atoms with E-state index >= 15 is 0 Å². The smallest absolute Gasteiger partial charge is 0.377 e. The van der Waals surface area contributed by atoms with Crippen LogP contribution in [0.5, 0.6) is 11.5 Å². The Morgan fingerprint density at radius 3 is 2.65 bits per heavy atom. The van der Waals surface area contributed by atoms with Gasteiger partial charge in [0.2, 0.25) is 0 Å². The number of ketones is 1. The Labute approximate surface area is 116 Å². The topological polar surface area (TPSA) is 76.1 Å². The zero-order valence-electron chi connectivity index (χ0n) is 11.5. The average Bonchev–Trinajstić information content (AvgIpc) is 2.83. The molecule has 1 atom stereocenters. The molecular weight excluding hydrogens is 262 g/mol. The summed E-state index contributed by atoms with van der Waals surface area (Å²) in [5.41, 5.74) is 0.0830. The second-order valence-electron chi connectivity index (χ2n) is 4.79. The summed E-state index contributed by atoms with van der Waals surface area (Å²) in [6.07, 6.45) is 0.903. The molecule has 2 rings (SSSR count). The van der Waals surface area contributed by atoms with E-state index in [-0.39, 0.29) is 11.7 Å². The lowest BCUT2D eigenvalue weighted by molar-refractivity contribution is -0.131. The number of benzene rings is 1. The molecule has 1 aromatic carbocycles. The number of methoxy groups -OCH3 is 1. The van der Waals surface area contributed by atoms with Crippen LogP contribution in [0.2, 0.25) is 0 Å². The zero-order valence-corrected chi connectivity index (χ0v) is 11.5. The third kappa shape index (κ3) is 3.08. The minimum atomic E-state index is -1.48. The van der Waals surface area contributed by atoms with Gasteiger partial charge in [-0.2, -0.15) is 0 Å². The predicted octanol–water partition coefficient (Wildman–Crippen LogP) is 1.05. The number of hydrogen-bond acceptors (Lipinski definition) is 5. The summed E-state index contributed by atoms with van der Waals surface area (Å²) in [6.45, 7) is 1.74. The summed E-state index contributed by atoms with van der Waals surface area (Å²) >= 11 is 0. The van der Waals surface area contributed by atoms with Crippen LogP contribution in [-0.4, -0.2) is 55.1 Å². The van der Waals surface area contributed by atoms with E-state index in [2.05, 4.69) is 4.90 Å². The first-order valence-electron chi connectivity index (χ1n) is 6.32. The van der Waals surface area contributed by atoms with Crippen molar-refractivity contribution in [2.24, 2.45) is 0 Å². The third-order valence-electron chi connectivity index (χ3n) is 3.26. The Kier molecular flexibility index (Phi) is 4.24. The maximum Gasteiger partial charge on any atom is 0.377 e. The number of carbonyl (C=O) groups excluding carboxylic acids is 1. The number of likely N-dealkylation sites (N-methyl/N-ethyl adjacent to an activating group) is 1. The molecule has 0 bridgehead atoms. The Morgan fingerprint density at radius 1 is 1.35 bits per heavy atom. The monoisotopic (exact) mass is 279 g/mol. The molecule has 1 heterocycles. The summed E-state index contributed by atoms with van der Waals surface area (Å²) in [7, 11) is 3.51. The van der Waals surface area contributed by atoms with Gasteiger partial charge in [-0.1, -0.05) is 0 Å². The van der Waals surface area contributed by atoms with Gasteiger partial charge in [0.15, 0.2) is 11.5 Å². The molecule has 1 aromatic rings. The van der Waals surface area contributed by atoms with Crippen molar-refractivity contribution in [3.63, 3.8) is 0 Å². The number of aliphatic carboxylic acids is 1. The minimum absolute atomic E-state index is 0.0177. The van der Waals surface area contributed by atoms with Crippen LogP contribution in [-0.2, 0) is 4.79 Å². The molecule has 0 radical (unpaired) electrons. The second-order valence-corrected chi connectivity index (χ2v) is 4.79. The summed E-state index contributed by atoms with van der Waals surface area (Å²) in [4.78, 5) is 24.3. The normalized spacial score (nSPS) is 18.8. The van der Waals surface area contributed by atoms with Crippen molar-refractivity contribution in [1.29, 1.82) is 0 Å². The highest BCUT2D eigenvalue weighted by Gasteiger charge is 2.23. The summed E-state index contributed by atoms with van der Waals surface area (Å²) in [6, 6.07) is 4.39. The van der Waals surface area contributed by atoms with Crippen molar-refractivity contribution in [3.05, 3.63) is 23.8 Å². The fourth-order valence-corrected chi connectivity index (χ4v) is 2.20. The molecule has 6 nitrogen and oxygen atoms in total. The molecule has 0 amide bonds. The van der Waals surface area contributed by atoms with Gasteiger partial charge in [-0.25, -0.2) is 4.79 Å². The molecule has 1 aliphatic heterocycles. The maximum absolute atomic E-state index is 11.5. The molecule has 108 valence electrons. The summed E-state index contributed by atoms with van der Waals surface area (Å²) < 4.78 is 11.0. The van der Waals surface area contributed by atoms with Crippen LogP contribution < -0.4 is 9.47 Å². The largest absolute Gasteiger partial charge is 0.493 e. The predicted molar refractivity (Wildman–Crippen MR) is 71.5 cm³/mol. The van der Waals surface area contributed by atoms with Crippen molar-refractivity contribution in [3.8, 4) is 11.5 Å². The Hall–Kier alpha value is -2.08. The molecule has 1 aliphatic rings. The fourth-order valence-electron chi connectivity index (χ4n) is 2.20. The molecular formula is C14H17NO5. The first-order valence-corrected chi connectivity index (χ1v) is 6.32. The van der Waals surface area contributed by atoms with Crippen molar-refractivity contribution >= 4 is 11.8 Å². The van der Waals surface area contributed by atoms with Gasteiger partial charge in [-0.15, -0.1) is 0 Å². The Morgan fingerprint density at radius 2 is 2.10 bits per heavy atom. The molecule has 0 aliphatic carbocycles. The molecule has 1 fully saturated rings. The Bertz CT molecular complexity index is 528. The van der Waals surface area contributed by atoms with Crippen molar-refractivity contribution in [1.82, 2.24) is 4.90 Å². The summed E-state index contributed by atoms with van der Waals surface area (Å²) in [5.74, 6) is -1.55. The maximum atomic E-state index is 11.5. The third-order valence-corrected chi connectivity index (χ3v) is 3.26. The van der Waals surface area contributed by atoms with E-state index in [0.717, 1.165) is 19.5 Å².